The van der Waals surface area contributed by atoms with Crippen molar-refractivity contribution in [1.29, 1.82) is 0 Å². The van der Waals surface area contributed by atoms with Crippen LogP contribution in [-0.2, 0) is 119 Å². The number of carboxylic acid groups (broad SMARTS) is 1. The van der Waals surface area contributed by atoms with E-state index in [4.69, 9.17) is 90.0 Å². The van der Waals surface area contributed by atoms with E-state index < -0.39 is 420 Å². The van der Waals surface area contributed by atoms with Gasteiger partial charge in [-0.2, -0.15) is 0 Å². The lowest BCUT2D eigenvalue weighted by molar-refractivity contribution is -0.398. The van der Waals surface area contributed by atoms with Crippen molar-refractivity contribution in [3.63, 3.8) is 0 Å². The van der Waals surface area contributed by atoms with Crippen molar-refractivity contribution < 1.29 is 267 Å². The molecule has 10 aliphatic heterocycles. The van der Waals surface area contributed by atoms with Gasteiger partial charge in [0.05, 0.1) is 78.2 Å². The first-order valence-corrected chi connectivity index (χ1v) is 41.8. The first kappa shape index (κ1) is 109. The van der Waals surface area contributed by atoms with E-state index in [1.54, 1.807) is 0 Å². The number of aliphatic hydroxyl groups is 28. The van der Waals surface area contributed by atoms with Gasteiger partial charge in [0.1, 0.15) is 238 Å². The molecule has 59 heteroatoms. The fourth-order valence-electron chi connectivity index (χ4n) is 16.8. The Morgan fingerprint density at radius 1 is 0.311 bits per heavy atom. The Morgan fingerprint density at radius 3 is 1.07 bits per heavy atom. The van der Waals surface area contributed by atoms with Crippen LogP contribution in [0.4, 0.5) is 0 Å². The number of aliphatic hydroxyl groups excluding tert-OH is 28. The standard InChI is InChI=1S/C73H121N5O54/c1-17(86)74-33-22(91)6-73(72(112)113,132-59(33)38(93)23(92)7-79)116-16-32-42(97)45(100)35(76-19(3)88)64(123-32)127-57-28(12-84)122-66(37(47(57)102)78-21(5)90)131-62-51(106)41(96)26(10-82)120-71(62)130-61-44(99)31(125-70(55(61)110)128-58-29(13-85)121-65(36(48(58)103)77-20(4)89)126-56-27(11-83)117-63(111)34(46(56)101)75-18(2)87)15-115-68-54(109)60(129-69-53(108)50(105)40(95)25(9-81)119-69)43(98)30(124-68)14-114-67-52(107)49(104)39(94)24(8-80)118-67/h22-71,79-85,91-111H,6-16H2,1-5H3,(H,74,86)(H,75,87)(H,76,88)(H,77,89)(H,78,90)(H,112,113)/t22-,23+,24+,25+,26+,27+,28+,29+,30+,31+,32+,33+,34+,35+,36+,37+,38+,39+,40+,41+,42-,43+,44+,45+,46+,47+,48+,49-,50-,51-,52-,53-,54-,55-,56+,57+,58+,59+,60-,61-,62-,63+,64-,65-,66-,67-,68-,69+,70-,71+,73+/m0/s1. The summed E-state index contributed by atoms with van der Waals surface area (Å²) < 4.78 is 112. The highest BCUT2D eigenvalue weighted by Crippen LogP contribution is 2.42. The van der Waals surface area contributed by atoms with Crippen molar-refractivity contribution in [2.45, 2.75) is 353 Å². The second-order valence-corrected chi connectivity index (χ2v) is 33.2. The summed E-state index contributed by atoms with van der Waals surface area (Å²) in [5, 5.41) is 336. The number of carboxylic acids is 1. The normalized spacial score (nSPS) is 47.2. The van der Waals surface area contributed by atoms with Crippen LogP contribution in [0.15, 0.2) is 0 Å². The number of carbonyl (C=O) groups is 6. The van der Waals surface area contributed by atoms with Crippen molar-refractivity contribution >= 4 is 35.5 Å². The second kappa shape index (κ2) is 47.3. The Morgan fingerprint density at radius 2 is 0.621 bits per heavy atom. The Bertz CT molecular complexity index is 3680. The number of nitrogens with one attached hydrogen (secondary N) is 5. The van der Waals surface area contributed by atoms with Crippen LogP contribution >= 0.6 is 0 Å². The molecule has 762 valence electrons. The van der Waals surface area contributed by atoms with Crippen LogP contribution in [0.5, 0.6) is 0 Å². The van der Waals surface area contributed by atoms with Crippen LogP contribution in [0.2, 0.25) is 0 Å². The molecule has 5 amide bonds. The van der Waals surface area contributed by atoms with E-state index in [9.17, 15) is 177 Å². The van der Waals surface area contributed by atoms with E-state index in [-0.39, 0.29) is 0 Å². The third kappa shape index (κ3) is 24.3. The van der Waals surface area contributed by atoms with Crippen molar-refractivity contribution in [3.8, 4) is 0 Å². The lowest BCUT2D eigenvalue weighted by Crippen LogP contribution is -2.71. The molecule has 10 aliphatic rings. The molecule has 0 bridgehead atoms. The minimum atomic E-state index is -3.12. The molecule has 0 saturated carbocycles. The summed E-state index contributed by atoms with van der Waals surface area (Å²) in [5.74, 6) is -9.89. The molecule has 0 aliphatic carbocycles. The molecule has 10 saturated heterocycles. The number of carbonyl (C=O) groups excluding carboxylic acids is 5. The summed E-state index contributed by atoms with van der Waals surface area (Å²) in [6.07, 6.45) is -99.4. The van der Waals surface area contributed by atoms with Gasteiger partial charge < -0.3 is 265 Å². The number of amides is 5. The highest BCUT2D eigenvalue weighted by Gasteiger charge is 2.63. The average molecular weight is 1930 g/mol. The Hall–Kier alpha value is -5.06. The van der Waals surface area contributed by atoms with E-state index >= 15 is 0 Å². The Balaban J connectivity index is 0.974. The fourth-order valence-corrected chi connectivity index (χ4v) is 16.8. The smallest absolute Gasteiger partial charge is 0.364 e. The molecule has 10 heterocycles. The van der Waals surface area contributed by atoms with Crippen LogP contribution in [0.25, 0.3) is 0 Å². The van der Waals surface area contributed by atoms with Gasteiger partial charge in [-0.3, -0.25) is 24.0 Å². The Kier molecular flexibility index (Phi) is 39.0. The fraction of sp³-hybridized carbons (Fsp3) is 0.918. The largest absolute Gasteiger partial charge is 0.477 e. The molecule has 0 radical (unpaired) electrons. The lowest BCUT2D eigenvalue weighted by Gasteiger charge is -2.51. The van der Waals surface area contributed by atoms with E-state index in [1.807, 2.05) is 0 Å². The summed E-state index contributed by atoms with van der Waals surface area (Å²) in [6.45, 7) is -6.99. The summed E-state index contributed by atoms with van der Waals surface area (Å²) in [6, 6.07) is -9.48. The number of hydrogen-bond acceptors (Lipinski definition) is 53. The summed E-state index contributed by atoms with van der Waals surface area (Å²) in [4.78, 5) is 76.8. The second-order valence-electron chi connectivity index (χ2n) is 33.2. The van der Waals surface area contributed by atoms with Gasteiger partial charge in [-0.05, 0) is 0 Å². The molecule has 59 nitrogen and oxygen atoms in total. The summed E-state index contributed by atoms with van der Waals surface area (Å²) in [5.41, 5.74) is 0. The van der Waals surface area contributed by atoms with E-state index in [0.29, 0.717) is 0 Å². The first-order valence-electron chi connectivity index (χ1n) is 41.8. The topological polar surface area (TPSA) is 925 Å². The number of hydrogen-bond donors (Lipinski definition) is 34. The van der Waals surface area contributed by atoms with Crippen molar-refractivity contribution in [3.05, 3.63) is 0 Å². The maximum Gasteiger partial charge on any atom is 0.364 e. The molecule has 0 aromatic heterocycles. The number of aliphatic carboxylic acids is 1. The molecule has 34 N–H and O–H groups in total. The monoisotopic (exact) mass is 1930 g/mol. The van der Waals surface area contributed by atoms with Crippen LogP contribution in [-0.4, -0.2) is 562 Å². The Labute approximate surface area is 746 Å². The van der Waals surface area contributed by atoms with Gasteiger partial charge in [0.15, 0.2) is 56.6 Å². The van der Waals surface area contributed by atoms with E-state index in [2.05, 4.69) is 26.6 Å². The van der Waals surface area contributed by atoms with Gasteiger partial charge in [-0.25, -0.2) is 4.79 Å². The quantitative estimate of drug-likeness (QED) is 0.0277. The molecule has 0 aromatic rings. The van der Waals surface area contributed by atoms with Gasteiger partial charge >= 0.3 is 5.97 Å². The molecule has 0 aromatic carbocycles. The van der Waals surface area contributed by atoms with E-state index in [1.165, 1.54) is 0 Å². The zero-order valence-corrected chi connectivity index (χ0v) is 70.8. The van der Waals surface area contributed by atoms with Crippen molar-refractivity contribution in [2.75, 3.05) is 66.1 Å². The molecule has 132 heavy (non-hydrogen) atoms. The summed E-state index contributed by atoms with van der Waals surface area (Å²) >= 11 is 0. The highest BCUT2D eigenvalue weighted by atomic mass is 16.8. The molecule has 10 rings (SSSR count). The third-order valence-electron chi connectivity index (χ3n) is 23.8. The summed E-state index contributed by atoms with van der Waals surface area (Å²) in [7, 11) is 0. The van der Waals surface area contributed by atoms with Gasteiger partial charge in [-0.1, -0.05) is 0 Å². The maximum absolute atomic E-state index is 13.3. The highest BCUT2D eigenvalue weighted by molar-refractivity contribution is 5.77. The van der Waals surface area contributed by atoms with Crippen LogP contribution < -0.4 is 26.6 Å². The average Bonchev–Trinajstić information content (AvgIpc) is 0.766. The predicted octanol–water partition coefficient (Wildman–Crippen LogP) is -22.9. The minimum Gasteiger partial charge on any atom is -0.477 e. The molecular weight excluding hydrogens is 1810 g/mol. The molecule has 0 unspecified atom stereocenters. The molecule has 10 fully saturated rings. The predicted molar refractivity (Wildman–Crippen MR) is 405 cm³/mol. The number of rotatable bonds is 36. The first-order chi connectivity index (χ1) is 62.2. The number of ether oxygens (including phenoxy) is 19. The van der Waals surface area contributed by atoms with Gasteiger partial charge in [-0.15, -0.1) is 0 Å². The van der Waals surface area contributed by atoms with Gasteiger partial charge in [0.2, 0.25) is 29.5 Å². The lowest BCUT2D eigenvalue weighted by atomic mass is 9.88. The van der Waals surface area contributed by atoms with Gasteiger partial charge in [0.25, 0.3) is 5.79 Å². The maximum atomic E-state index is 13.3. The van der Waals surface area contributed by atoms with E-state index in [0.717, 1.165) is 34.6 Å². The minimum absolute atomic E-state index is 0.817. The zero-order chi connectivity index (χ0) is 97.6. The van der Waals surface area contributed by atoms with Crippen molar-refractivity contribution in [1.82, 2.24) is 26.6 Å². The molecular formula is C73H121N5O54. The van der Waals surface area contributed by atoms with Crippen LogP contribution in [0, 0.1) is 0 Å². The molecule has 0 spiro atoms. The zero-order valence-electron chi connectivity index (χ0n) is 70.8. The van der Waals surface area contributed by atoms with Gasteiger partial charge in [0, 0.05) is 41.0 Å². The van der Waals surface area contributed by atoms with Crippen LogP contribution in [0.3, 0.4) is 0 Å². The molecule has 51 atom stereocenters. The third-order valence-corrected chi connectivity index (χ3v) is 23.8. The SMILES string of the molecule is CC(=O)N[C@@H]1[C@@H](O)[C@H](O[C@@H]2O[C@H](CO)[C@@H](O[C@@H]3O[C@H](CO[C@H]4O[C@H](CO[C@H]5O[C@H](CO)[C@@H](O)[C@H](O)[C@@H]5O)[C@@H](O)[C@H](O[C@H]5O[C@H](CO)[C@@H](O)[C@H](O)[C@@H]5O)[C@@H]4O)[C@@H](O)[C@H](O[C@H]4O[C@H](CO)[C@@H](O)[C@H](O)[C@@H]4O[C@@H]4O[C@H](CO)[C@@H](O[C@@H]5O[C@H](CO[C@]6(C(=O)O)C[C@H](O)[C@@H](NC(C)=O)[C@H]([C@H](O)[C@H](O)CO)O6)[C@H](O)[C@H](O)[C@H]5NC(C)=O)[C@H](O)[C@H]4NC(C)=O)[C@@H]3O)[C@H](O)[C@H]2NC(C)=O)[C@@H](CO)O[C@H]1O. The van der Waals surface area contributed by atoms with Crippen molar-refractivity contribution in [2.24, 2.45) is 0 Å². The van der Waals surface area contributed by atoms with Crippen LogP contribution in [0.1, 0.15) is 41.0 Å².